The molecule has 0 radical (unpaired) electrons. The molecule has 1 aromatic carbocycles. The Labute approximate surface area is 122 Å². The Morgan fingerprint density at radius 3 is 2.95 bits per heavy atom. The molecule has 1 spiro atoms. The summed E-state index contributed by atoms with van der Waals surface area (Å²) in [5.41, 5.74) is 0.581. The molecule has 1 saturated heterocycles. The number of halogens is 2. The van der Waals surface area contributed by atoms with Gasteiger partial charge in [0, 0.05) is 19.3 Å². The van der Waals surface area contributed by atoms with Crippen LogP contribution in [0.15, 0.2) is 18.2 Å². The molecule has 0 bridgehead atoms. The predicted octanol–water partition coefficient (Wildman–Crippen LogP) is 2.71. The van der Waals surface area contributed by atoms with Gasteiger partial charge in [0.1, 0.15) is 5.82 Å². The lowest BCUT2D eigenvalue weighted by atomic mass is 9.96. The van der Waals surface area contributed by atoms with Crippen molar-refractivity contribution >= 4 is 17.5 Å². The van der Waals surface area contributed by atoms with Gasteiger partial charge in [0.2, 0.25) is 5.91 Å². The van der Waals surface area contributed by atoms with Crippen LogP contribution in [-0.2, 0) is 16.0 Å². The summed E-state index contributed by atoms with van der Waals surface area (Å²) in [5.74, 6) is -0.638. The first-order chi connectivity index (χ1) is 9.61. The fourth-order valence-corrected chi connectivity index (χ4v) is 3.18. The molecule has 1 atom stereocenters. The monoisotopic (exact) mass is 297 g/mol. The molecule has 1 amide bonds. The van der Waals surface area contributed by atoms with Crippen molar-refractivity contribution in [2.24, 2.45) is 5.41 Å². The lowest BCUT2D eigenvalue weighted by molar-refractivity contribution is -0.120. The fraction of sp³-hybridized carbons (Fsp3) is 0.533. The number of amides is 1. The minimum Gasteiger partial charge on any atom is -0.381 e. The molecule has 2 fully saturated rings. The van der Waals surface area contributed by atoms with Crippen molar-refractivity contribution in [3.05, 3.63) is 34.6 Å². The van der Waals surface area contributed by atoms with Crippen molar-refractivity contribution < 1.29 is 13.9 Å². The third-order valence-corrected chi connectivity index (χ3v) is 4.69. The molecule has 3 nitrogen and oxygen atoms in total. The highest BCUT2D eigenvalue weighted by molar-refractivity contribution is 6.30. The van der Waals surface area contributed by atoms with Crippen LogP contribution in [0.25, 0.3) is 0 Å². The number of hydrogen-bond donors (Lipinski definition) is 1. The van der Waals surface area contributed by atoms with Crippen molar-refractivity contribution in [2.75, 3.05) is 13.2 Å². The SMILES string of the molecule is O=C(Cc1cccc(Cl)c1F)NC1CC12CCOCC2. The van der Waals surface area contributed by atoms with E-state index in [0.717, 1.165) is 32.5 Å². The lowest BCUT2D eigenvalue weighted by Gasteiger charge is -2.22. The Hall–Kier alpha value is -1.13. The van der Waals surface area contributed by atoms with Gasteiger partial charge < -0.3 is 10.1 Å². The van der Waals surface area contributed by atoms with Crippen LogP contribution in [0, 0.1) is 11.2 Å². The van der Waals surface area contributed by atoms with E-state index in [1.54, 1.807) is 12.1 Å². The minimum absolute atomic E-state index is 0.0372. The zero-order valence-corrected chi connectivity index (χ0v) is 11.9. The smallest absolute Gasteiger partial charge is 0.224 e. The number of carbonyl (C=O) groups excluding carboxylic acids is 1. The van der Waals surface area contributed by atoms with Gasteiger partial charge in [-0.05, 0) is 36.3 Å². The number of ether oxygens (including phenoxy) is 1. The van der Waals surface area contributed by atoms with Gasteiger partial charge in [-0.2, -0.15) is 0 Å². The van der Waals surface area contributed by atoms with Gasteiger partial charge in [-0.15, -0.1) is 0 Å². The van der Waals surface area contributed by atoms with E-state index >= 15 is 0 Å². The molecule has 1 saturated carbocycles. The maximum atomic E-state index is 13.7. The van der Waals surface area contributed by atoms with E-state index in [1.807, 2.05) is 0 Å². The third-order valence-electron chi connectivity index (χ3n) is 4.40. The maximum absolute atomic E-state index is 13.7. The van der Waals surface area contributed by atoms with Crippen molar-refractivity contribution in [1.29, 1.82) is 0 Å². The summed E-state index contributed by atoms with van der Waals surface area (Å²) < 4.78 is 19.1. The van der Waals surface area contributed by atoms with Gasteiger partial charge in [0.15, 0.2) is 0 Å². The van der Waals surface area contributed by atoms with Crippen molar-refractivity contribution in [2.45, 2.75) is 31.7 Å². The third kappa shape index (κ3) is 2.67. The van der Waals surface area contributed by atoms with Crippen molar-refractivity contribution in [3.63, 3.8) is 0 Å². The zero-order chi connectivity index (χ0) is 14.2. The van der Waals surface area contributed by atoms with E-state index in [9.17, 15) is 9.18 Å². The van der Waals surface area contributed by atoms with E-state index in [4.69, 9.17) is 16.3 Å². The maximum Gasteiger partial charge on any atom is 0.224 e. The van der Waals surface area contributed by atoms with Crippen LogP contribution in [0.4, 0.5) is 4.39 Å². The Kier molecular flexibility index (Phi) is 3.69. The number of nitrogens with one attached hydrogen (secondary N) is 1. The summed E-state index contributed by atoms with van der Waals surface area (Å²) in [6.45, 7) is 1.55. The van der Waals surface area contributed by atoms with E-state index in [-0.39, 0.29) is 28.8 Å². The Bertz CT molecular complexity index is 529. The summed E-state index contributed by atoms with van der Waals surface area (Å²) in [7, 11) is 0. The normalized spacial score (nSPS) is 23.6. The van der Waals surface area contributed by atoms with Crippen LogP contribution >= 0.6 is 11.6 Å². The largest absolute Gasteiger partial charge is 0.381 e. The van der Waals surface area contributed by atoms with Gasteiger partial charge in [-0.25, -0.2) is 4.39 Å². The molecule has 1 N–H and O–H groups in total. The number of benzene rings is 1. The molecular weight excluding hydrogens is 281 g/mol. The summed E-state index contributed by atoms with van der Waals surface area (Å²) in [4.78, 5) is 12.0. The highest BCUT2D eigenvalue weighted by atomic mass is 35.5. The molecule has 108 valence electrons. The average molecular weight is 298 g/mol. The topological polar surface area (TPSA) is 38.3 Å². The molecule has 2 aliphatic rings. The molecule has 5 heteroatoms. The Balaban J connectivity index is 1.57. The van der Waals surface area contributed by atoms with Crippen LogP contribution in [0.5, 0.6) is 0 Å². The second kappa shape index (κ2) is 5.34. The molecule has 1 aromatic rings. The van der Waals surface area contributed by atoms with Crippen molar-refractivity contribution in [3.8, 4) is 0 Å². The van der Waals surface area contributed by atoms with E-state index < -0.39 is 5.82 Å². The standard InChI is InChI=1S/C15H17ClFNO2/c16-11-3-1-2-10(14(11)17)8-13(19)18-12-9-15(12)4-6-20-7-5-15/h1-3,12H,4-9H2,(H,18,19). The summed E-state index contributed by atoms with van der Waals surface area (Å²) in [6.07, 6.45) is 3.06. The van der Waals surface area contributed by atoms with Gasteiger partial charge in [-0.1, -0.05) is 23.7 Å². The summed E-state index contributed by atoms with van der Waals surface area (Å²) in [5, 5.41) is 3.06. The molecule has 1 aliphatic heterocycles. The Morgan fingerprint density at radius 1 is 1.45 bits per heavy atom. The predicted molar refractivity (Wildman–Crippen MR) is 74.1 cm³/mol. The van der Waals surface area contributed by atoms with Crippen LogP contribution < -0.4 is 5.32 Å². The van der Waals surface area contributed by atoms with Gasteiger partial charge in [0.25, 0.3) is 0 Å². The van der Waals surface area contributed by atoms with Gasteiger partial charge in [0.05, 0.1) is 11.4 Å². The minimum atomic E-state index is -0.499. The molecule has 3 rings (SSSR count). The molecule has 1 aliphatic carbocycles. The molecule has 0 aromatic heterocycles. The summed E-state index contributed by atoms with van der Waals surface area (Å²) in [6, 6.07) is 4.96. The summed E-state index contributed by atoms with van der Waals surface area (Å²) >= 11 is 5.71. The van der Waals surface area contributed by atoms with E-state index in [1.165, 1.54) is 6.07 Å². The van der Waals surface area contributed by atoms with Crippen LogP contribution in [0.2, 0.25) is 5.02 Å². The second-order valence-corrected chi connectivity index (χ2v) is 6.10. The first-order valence-corrected chi connectivity index (χ1v) is 7.28. The highest BCUT2D eigenvalue weighted by Gasteiger charge is 2.54. The zero-order valence-electron chi connectivity index (χ0n) is 11.1. The van der Waals surface area contributed by atoms with Crippen molar-refractivity contribution in [1.82, 2.24) is 5.32 Å². The Morgan fingerprint density at radius 2 is 2.20 bits per heavy atom. The molecule has 1 unspecified atom stereocenters. The molecule has 1 heterocycles. The van der Waals surface area contributed by atoms with Crippen LogP contribution in [0.1, 0.15) is 24.8 Å². The second-order valence-electron chi connectivity index (χ2n) is 5.69. The number of rotatable bonds is 3. The quantitative estimate of drug-likeness (QED) is 0.931. The average Bonchev–Trinajstić information content (AvgIpc) is 3.07. The first-order valence-electron chi connectivity index (χ1n) is 6.91. The highest BCUT2D eigenvalue weighted by Crippen LogP contribution is 2.53. The number of hydrogen-bond acceptors (Lipinski definition) is 2. The van der Waals surface area contributed by atoms with Crippen LogP contribution in [0.3, 0.4) is 0 Å². The van der Waals surface area contributed by atoms with Gasteiger partial charge >= 0.3 is 0 Å². The van der Waals surface area contributed by atoms with Crippen LogP contribution in [-0.4, -0.2) is 25.2 Å². The number of carbonyl (C=O) groups is 1. The molecule has 20 heavy (non-hydrogen) atoms. The lowest BCUT2D eigenvalue weighted by Crippen LogP contribution is -2.33. The van der Waals surface area contributed by atoms with E-state index in [2.05, 4.69) is 5.32 Å². The molecular formula is C15H17ClFNO2. The van der Waals surface area contributed by atoms with E-state index in [0.29, 0.717) is 5.56 Å². The van der Waals surface area contributed by atoms with Gasteiger partial charge in [-0.3, -0.25) is 4.79 Å². The first kappa shape index (κ1) is 13.8. The fourth-order valence-electron chi connectivity index (χ4n) is 2.99.